The van der Waals surface area contributed by atoms with Crippen molar-refractivity contribution in [1.29, 1.82) is 0 Å². The Kier molecular flexibility index (Phi) is 7.49. The maximum atomic E-state index is 12.9. The fourth-order valence-electron chi connectivity index (χ4n) is 3.35. The third-order valence-electron chi connectivity index (χ3n) is 5.12. The second-order valence-electron chi connectivity index (χ2n) is 7.58. The zero-order chi connectivity index (χ0) is 26.9. The highest BCUT2D eigenvalue weighted by Crippen LogP contribution is 2.39. The number of amides is 2. The topological polar surface area (TPSA) is 89.7 Å². The van der Waals surface area contributed by atoms with Crippen LogP contribution in [0.4, 0.5) is 23.7 Å². The molecule has 190 valence electrons. The molecule has 1 saturated heterocycles. The van der Waals surface area contributed by atoms with Gasteiger partial charge in [0, 0.05) is 21.7 Å². The Morgan fingerprint density at radius 1 is 1.03 bits per heavy atom. The molecule has 1 fully saturated rings. The zero-order valence-corrected chi connectivity index (χ0v) is 20.6. The first kappa shape index (κ1) is 26.5. The molecular weight excluding hydrogens is 556 g/mol. The first-order valence-corrected chi connectivity index (χ1v) is 11.8. The number of alkyl halides is 3. The van der Waals surface area contributed by atoms with Crippen molar-refractivity contribution in [2.45, 2.75) is 12.7 Å². The number of thioether (sulfide) groups is 1. The fraction of sp³-hybridized carbons (Fsp3) is 0.0833. The molecule has 3 aromatic rings. The van der Waals surface area contributed by atoms with E-state index < -0.39 is 39.2 Å². The lowest BCUT2D eigenvalue weighted by molar-refractivity contribution is -0.385. The number of nitro groups is 1. The van der Waals surface area contributed by atoms with Gasteiger partial charge in [0.1, 0.15) is 5.75 Å². The van der Waals surface area contributed by atoms with Crippen molar-refractivity contribution >= 4 is 57.9 Å². The fourth-order valence-corrected chi connectivity index (χ4v) is 4.70. The van der Waals surface area contributed by atoms with E-state index in [9.17, 15) is 32.9 Å². The summed E-state index contributed by atoms with van der Waals surface area (Å²) in [4.78, 5) is 36.8. The van der Waals surface area contributed by atoms with Crippen molar-refractivity contribution in [1.82, 2.24) is 4.90 Å². The Labute approximate surface area is 221 Å². The number of rotatable bonds is 6. The molecule has 0 bridgehead atoms. The average molecular weight is 569 g/mol. The molecule has 1 heterocycles. The molecular formula is C24H13Cl2F3N2O5S. The first-order valence-electron chi connectivity index (χ1n) is 10.3. The highest BCUT2D eigenvalue weighted by molar-refractivity contribution is 8.18. The first-order chi connectivity index (χ1) is 17.4. The third kappa shape index (κ3) is 5.90. The summed E-state index contributed by atoms with van der Waals surface area (Å²) in [6.07, 6.45) is -3.34. The second kappa shape index (κ2) is 10.4. The Bertz CT molecular complexity index is 1440. The Balaban J connectivity index is 1.57. The molecule has 1 aliphatic heterocycles. The van der Waals surface area contributed by atoms with Crippen LogP contribution in [0.5, 0.6) is 11.5 Å². The smallest absolute Gasteiger partial charge is 0.416 e. The van der Waals surface area contributed by atoms with Gasteiger partial charge in [-0.15, -0.1) is 0 Å². The number of nitrogens with zero attached hydrogens (tertiary/aromatic N) is 2. The monoisotopic (exact) mass is 568 g/mol. The van der Waals surface area contributed by atoms with Gasteiger partial charge in [0.25, 0.3) is 11.1 Å². The van der Waals surface area contributed by atoms with Crippen LogP contribution in [0.25, 0.3) is 6.08 Å². The summed E-state index contributed by atoms with van der Waals surface area (Å²) in [5.74, 6) is -0.901. The van der Waals surface area contributed by atoms with E-state index in [-0.39, 0.29) is 17.2 Å². The van der Waals surface area contributed by atoms with Crippen LogP contribution in [-0.4, -0.2) is 21.0 Å². The number of benzene rings is 3. The molecule has 0 spiro atoms. The minimum Gasteiger partial charge on any atom is -0.450 e. The van der Waals surface area contributed by atoms with E-state index in [1.165, 1.54) is 24.3 Å². The van der Waals surface area contributed by atoms with Crippen molar-refractivity contribution in [2.24, 2.45) is 0 Å². The summed E-state index contributed by atoms with van der Waals surface area (Å²) in [7, 11) is 0. The second-order valence-corrected chi connectivity index (χ2v) is 9.39. The van der Waals surface area contributed by atoms with Crippen molar-refractivity contribution in [3.63, 3.8) is 0 Å². The van der Waals surface area contributed by atoms with Crippen LogP contribution >= 0.6 is 35.0 Å². The number of nitro benzene ring substituents is 1. The van der Waals surface area contributed by atoms with Crippen LogP contribution in [0, 0.1) is 10.1 Å². The SMILES string of the molecule is O=C1S/C(=C\c2cccc(Oc3ccc(C(F)(F)F)cc3[N+](=O)[O-])c2)C(=O)N1Cc1c(Cl)cccc1Cl. The molecule has 13 heteroatoms. The predicted molar refractivity (Wildman–Crippen MR) is 133 cm³/mol. The summed E-state index contributed by atoms with van der Waals surface area (Å²) in [6.45, 7) is -0.124. The maximum absolute atomic E-state index is 12.9. The molecule has 3 aromatic carbocycles. The van der Waals surface area contributed by atoms with Gasteiger partial charge in [-0.25, -0.2) is 0 Å². The van der Waals surface area contributed by atoms with Crippen LogP contribution in [0.2, 0.25) is 10.0 Å². The quantitative estimate of drug-likeness (QED) is 0.170. The van der Waals surface area contributed by atoms with Crippen molar-refractivity contribution in [3.05, 3.63) is 102 Å². The van der Waals surface area contributed by atoms with Gasteiger partial charge < -0.3 is 4.74 Å². The van der Waals surface area contributed by atoms with Crippen LogP contribution in [0.15, 0.2) is 65.6 Å². The molecule has 0 unspecified atom stereocenters. The average Bonchev–Trinajstić information content (AvgIpc) is 3.08. The summed E-state index contributed by atoms with van der Waals surface area (Å²) in [6, 6.07) is 12.7. The predicted octanol–water partition coefficient (Wildman–Crippen LogP) is 7.95. The van der Waals surface area contributed by atoms with E-state index in [1.807, 2.05) is 0 Å². The minimum absolute atomic E-state index is 0.0682. The van der Waals surface area contributed by atoms with Gasteiger partial charge in [0.05, 0.1) is 21.9 Å². The molecule has 0 saturated carbocycles. The standard InChI is InChI=1S/C24H13Cl2F3N2O5S/c25-17-5-2-6-18(26)16(17)12-30-22(32)21(37-23(30)33)10-13-3-1-4-15(9-13)36-20-8-7-14(24(27,28)29)11-19(20)31(34)35/h1-11H,12H2/b21-10-. The van der Waals surface area contributed by atoms with Crippen molar-refractivity contribution in [2.75, 3.05) is 0 Å². The van der Waals surface area contributed by atoms with E-state index in [2.05, 4.69) is 0 Å². The number of carbonyl (C=O) groups excluding carboxylic acids is 2. The molecule has 7 nitrogen and oxygen atoms in total. The largest absolute Gasteiger partial charge is 0.450 e. The molecule has 37 heavy (non-hydrogen) atoms. The summed E-state index contributed by atoms with van der Waals surface area (Å²) in [5, 5.41) is 11.4. The van der Waals surface area contributed by atoms with E-state index in [1.54, 1.807) is 24.3 Å². The van der Waals surface area contributed by atoms with E-state index in [4.69, 9.17) is 27.9 Å². The molecule has 0 radical (unpaired) electrons. The molecule has 0 atom stereocenters. The third-order valence-corrected chi connectivity index (χ3v) is 6.73. The van der Waals surface area contributed by atoms with Gasteiger partial charge in [0.15, 0.2) is 0 Å². The van der Waals surface area contributed by atoms with Gasteiger partial charge in [-0.3, -0.25) is 24.6 Å². The lowest BCUT2D eigenvalue weighted by Gasteiger charge is -2.14. The molecule has 0 N–H and O–H groups in total. The molecule has 2 amide bonds. The van der Waals surface area contributed by atoms with Gasteiger partial charge in [-0.2, -0.15) is 13.2 Å². The Morgan fingerprint density at radius 3 is 2.35 bits per heavy atom. The van der Waals surface area contributed by atoms with Crippen LogP contribution in [0.3, 0.4) is 0 Å². The van der Waals surface area contributed by atoms with Crippen LogP contribution in [-0.2, 0) is 17.5 Å². The number of hydrogen-bond acceptors (Lipinski definition) is 6. The van der Waals surface area contributed by atoms with Gasteiger partial charge >= 0.3 is 11.9 Å². The highest BCUT2D eigenvalue weighted by Gasteiger charge is 2.36. The molecule has 0 aliphatic carbocycles. The van der Waals surface area contributed by atoms with Gasteiger partial charge in [-0.1, -0.05) is 41.4 Å². The van der Waals surface area contributed by atoms with Gasteiger partial charge in [-0.05, 0) is 59.8 Å². The normalized spacial score (nSPS) is 14.9. The van der Waals surface area contributed by atoms with Crippen molar-refractivity contribution in [3.8, 4) is 11.5 Å². The zero-order valence-electron chi connectivity index (χ0n) is 18.3. The van der Waals surface area contributed by atoms with Crippen LogP contribution < -0.4 is 4.74 Å². The number of ether oxygens (including phenoxy) is 1. The van der Waals surface area contributed by atoms with Crippen LogP contribution in [0.1, 0.15) is 16.7 Å². The Morgan fingerprint density at radius 2 is 1.70 bits per heavy atom. The lowest BCUT2D eigenvalue weighted by atomic mass is 10.1. The summed E-state index contributed by atoms with van der Waals surface area (Å²) < 4.78 is 44.3. The lowest BCUT2D eigenvalue weighted by Crippen LogP contribution is -2.27. The molecule has 4 rings (SSSR count). The minimum atomic E-state index is -4.76. The van der Waals surface area contributed by atoms with E-state index in [0.29, 0.717) is 45.1 Å². The summed E-state index contributed by atoms with van der Waals surface area (Å²) >= 11 is 13.0. The maximum Gasteiger partial charge on any atom is 0.416 e. The van der Waals surface area contributed by atoms with E-state index in [0.717, 1.165) is 11.0 Å². The number of imide groups is 1. The number of hydrogen-bond donors (Lipinski definition) is 0. The molecule has 0 aromatic heterocycles. The molecule has 1 aliphatic rings. The van der Waals surface area contributed by atoms with Crippen molar-refractivity contribution < 1.29 is 32.4 Å². The number of halogens is 5. The highest BCUT2D eigenvalue weighted by atomic mass is 35.5. The number of carbonyl (C=O) groups is 2. The Hall–Kier alpha value is -3.54. The van der Waals surface area contributed by atoms with Gasteiger partial charge in [0.2, 0.25) is 5.75 Å². The van der Waals surface area contributed by atoms with E-state index >= 15 is 0 Å². The summed E-state index contributed by atoms with van der Waals surface area (Å²) in [5.41, 5.74) is -1.22.